The van der Waals surface area contributed by atoms with Crippen molar-refractivity contribution in [1.82, 2.24) is 34.5 Å². The second kappa shape index (κ2) is 12.1. The van der Waals surface area contributed by atoms with E-state index in [1.165, 1.54) is 29.9 Å². The van der Waals surface area contributed by atoms with E-state index in [4.69, 9.17) is 22.3 Å². The number of alkyl halides is 5. The minimum Gasteiger partial charge on any atom is -0.368 e. The topological polar surface area (TPSA) is 166 Å². The number of hydrogen-bond donors (Lipinski definition) is 3. The molecule has 4 aromatic heterocycles. The number of imidazole rings is 1. The Morgan fingerprint density at radius 2 is 1.80 bits per heavy atom. The molecular formula is C34H27ClF7N9O3S. The molecule has 0 aliphatic heterocycles. The number of fused-ring (bicyclic) bond motifs is 5. The lowest BCUT2D eigenvalue weighted by atomic mass is 9.84. The number of carbonyl (C=O) groups excluding carboxylic acids is 1. The molecule has 4 N–H and O–H groups in total. The predicted octanol–water partition coefficient (Wildman–Crippen LogP) is 6.60. The summed E-state index contributed by atoms with van der Waals surface area (Å²) in [6.07, 6.45) is -5.12. The number of aromatic amines is 1. The number of rotatable bonds is 9. The quantitative estimate of drug-likeness (QED) is 0.138. The highest BCUT2D eigenvalue weighted by atomic mass is 35.5. The number of pyridine rings is 1. The molecule has 8 rings (SSSR count). The van der Waals surface area contributed by atoms with E-state index in [-0.39, 0.29) is 56.2 Å². The molecule has 2 aliphatic carbocycles. The fourth-order valence-electron chi connectivity index (χ4n) is 7.88. The molecular weight excluding hydrogens is 783 g/mol. The van der Waals surface area contributed by atoms with Crippen LogP contribution in [0.2, 0.25) is 5.02 Å². The maximum atomic E-state index is 16.0. The van der Waals surface area contributed by atoms with Crippen molar-refractivity contribution < 1.29 is 43.9 Å². The number of benzene rings is 2. The van der Waals surface area contributed by atoms with Crippen LogP contribution >= 0.6 is 11.6 Å². The van der Waals surface area contributed by atoms with Crippen LogP contribution in [0.4, 0.5) is 36.6 Å². The van der Waals surface area contributed by atoms with Gasteiger partial charge in [-0.25, -0.2) is 31.8 Å². The molecule has 12 nitrogen and oxygen atoms in total. The Hall–Kier alpha value is -5.24. The summed E-state index contributed by atoms with van der Waals surface area (Å²) in [5.74, 6) is -11.4. The Bertz CT molecular complexity index is 2710. The van der Waals surface area contributed by atoms with Crippen LogP contribution in [0.3, 0.4) is 0 Å². The molecule has 1 fully saturated rings. The minimum atomic E-state index is -5.20. The first-order chi connectivity index (χ1) is 25.6. The average molecular weight is 810 g/mol. The lowest BCUT2D eigenvalue weighted by Gasteiger charge is -2.29. The summed E-state index contributed by atoms with van der Waals surface area (Å²) in [7, 11) is -2.42. The zero-order valence-electron chi connectivity index (χ0n) is 28.6. The third kappa shape index (κ3) is 6.05. The Balaban J connectivity index is 1.45. The maximum absolute atomic E-state index is 16.0. The van der Waals surface area contributed by atoms with Gasteiger partial charge in [0.2, 0.25) is 15.9 Å². The van der Waals surface area contributed by atoms with Crippen LogP contribution in [0.5, 0.6) is 0 Å². The molecule has 0 radical (unpaired) electrons. The van der Waals surface area contributed by atoms with Gasteiger partial charge in [0.15, 0.2) is 17.2 Å². The summed E-state index contributed by atoms with van der Waals surface area (Å²) < 4.78 is 133. The molecule has 6 aromatic rings. The number of nitrogens with two attached hydrogens (primary N) is 1. The van der Waals surface area contributed by atoms with Crippen molar-refractivity contribution in [2.75, 3.05) is 11.0 Å². The number of amides is 1. The van der Waals surface area contributed by atoms with E-state index in [0.717, 1.165) is 18.4 Å². The highest BCUT2D eigenvalue weighted by molar-refractivity contribution is 7.92. The first-order valence-corrected chi connectivity index (χ1v) is 18.7. The van der Waals surface area contributed by atoms with Crippen LogP contribution in [-0.2, 0) is 40.4 Å². The van der Waals surface area contributed by atoms with Crippen molar-refractivity contribution in [1.29, 1.82) is 0 Å². The standard InChI is InChI=1S/C34H27ClF7N9O3S/c1-12-44-22-11-17(16-4-5-21(35)24-26(16)50(2)48-32(24)49-55(3,53)54)25(46-31(22)45-12)19(8-13-6-14(36)9-15(37)7-13)27(30(43)52)51-29-23(28(47-51)34(40,41)42)18-10-20(18)33(29,38)39/h4-7,9,11,18-20,27H,8,10H2,1-3H3,(H2,43,52)(H,48,49)(H,44,45,46)/t18-,19+,20+,27?/m0/s1. The number of H-pyrrole nitrogens is 1. The Labute approximate surface area is 310 Å². The molecule has 1 saturated carbocycles. The molecule has 0 spiro atoms. The smallest absolute Gasteiger partial charge is 0.368 e. The van der Waals surface area contributed by atoms with Crippen LogP contribution in [0.15, 0.2) is 36.4 Å². The number of nitrogens with zero attached hydrogens (tertiary/aromatic N) is 6. The van der Waals surface area contributed by atoms with Gasteiger partial charge >= 0.3 is 6.18 Å². The van der Waals surface area contributed by atoms with Crippen LogP contribution in [0.1, 0.15) is 58.3 Å². The van der Waals surface area contributed by atoms with Crippen molar-refractivity contribution in [2.45, 2.75) is 49.7 Å². The molecule has 1 amide bonds. The van der Waals surface area contributed by atoms with Gasteiger partial charge in [0.1, 0.15) is 29.2 Å². The van der Waals surface area contributed by atoms with Gasteiger partial charge in [-0.3, -0.25) is 14.2 Å². The molecule has 0 saturated heterocycles. The summed E-state index contributed by atoms with van der Waals surface area (Å²) in [5, 5.41) is 8.09. The van der Waals surface area contributed by atoms with Crippen molar-refractivity contribution in [3.63, 3.8) is 0 Å². The lowest BCUT2D eigenvalue weighted by molar-refractivity contribution is -0.142. The molecule has 1 unspecified atom stereocenters. The summed E-state index contributed by atoms with van der Waals surface area (Å²) in [5.41, 5.74) is 3.06. The zero-order chi connectivity index (χ0) is 39.7. The molecule has 0 bridgehead atoms. The number of sulfonamides is 1. The monoisotopic (exact) mass is 809 g/mol. The highest BCUT2D eigenvalue weighted by Crippen LogP contribution is 2.69. The second-order valence-electron chi connectivity index (χ2n) is 13.8. The number of aryl methyl sites for hydroxylation is 2. The largest absolute Gasteiger partial charge is 0.435 e. The van der Waals surface area contributed by atoms with E-state index in [2.05, 4.69) is 24.9 Å². The number of primary amides is 1. The van der Waals surface area contributed by atoms with Gasteiger partial charge in [0.05, 0.1) is 33.4 Å². The number of carbonyl (C=O) groups is 1. The third-order valence-corrected chi connectivity index (χ3v) is 10.8. The van der Waals surface area contributed by atoms with E-state index >= 15 is 8.78 Å². The van der Waals surface area contributed by atoms with Crippen molar-refractivity contribution in [2.24, 2.45) is 18.7 Å². The van der Waals surface area contributed by atoms with E-state index < -0.39 is 86.8 Å². The maximum Gasteiger partial charge on any atom is 0.435 e. The third-order valence-electron chi connectivity index (χ3n) is 9.95. The Kier molecular flexibility index (Phi) is 8.10. The van der Waals surface area contributed by atoms with Gasteiger partial charge in [0, 0.05) is 41.6 Å². The normalized spacial score (nSPS) is 18.7. The van der Waals surface area contributed by atoms with Gasteiger partial charge in [0.25, 0.3) is 5.92 Å². The predicted molar refractivity (Wildman–Crippen MR) is 185 cm³/mol. The Morgan fingerprint density at radius 1 is 1.11 bits per heavy atom. The number of hydrogen-bond acceptors (Lipinski definition) is 7. The SMILES string of the molecule is Cc1nc2nc([C@@H](Cc3cc(F)cc(F)c3)C(C(N)=O)n3nc(C(F)(F)F)c4c3C(F)(F)[C@@H]3C[C@H]43)c(-c3ccc(Cl)c4c(NS(C)(=O)=O)nn(C)c34)cc2[nH]1. The lowest BCUT2D eigenvalue weighted by Crippen LogP contribution is -2.37. The van der Waals surface area contributed by atoms with Gasteiger partial charge in [-0.05, 0) is 55.5 Å². The number of aromatic nitrogens is 7. The fraction of sp³-hybridized carbons (Fsp3) is 0.324. The molecule has 2 aliphatic rings. The van der Waals surface area contributed by atoms with Crippen LogP contribution in [-0.4, -0.2) is 55.1 Å². The van der Waals surface area contributed by atoms with E-state index in [1.54, 1.807) is 6.92 Å². The van der Waals surface area contributed by atoms with Gasteiger partial charge in [-0.2, -0.15) is 32.1 Å². The minimum absolute atomic E-state index is 0.0257. The molecule has 288 valence electrons. The van der Waals surface area contributed by atoms with Crippen molar-refractivity contribution in [3.05, 3.63) is 87.1 Å². The summed E-state index contributed by atoms with van der Waals surface area (Å²) in [4.78, 5) is 25.8. The molecule has 21 heteroatoms. The number of halogens is 8. The highest BCUT2D eigenvalue weighted by Gasteiger charge is 2.69. The van der Waals surface area contributed by atoms with Crippen molar-refractivity contribution in [3.8, 4) is 11.1 Å². The Morgan fingerprint density at radius 3 is 2.44 bits per heavy atom. The summed E-state index contributed by atoms with van der Waals surface area (Å²) in [6, 6.07) is 4.67. The second-order valence-corrected chi connectivity index (χ2v) is 16.0. The fourth-order valence-corrected chi connectivity index (χ4v) is 8.61. The van der Waals surface area contributed by atoms with E-state index in [1.807, 2.05) is 0 Å². The van der Waals surface area contributed by atoms with Gasteiger partial charge < -0.3 is 10.7 Å². The summed E-state index contributed by atoms with van der Waals surface area (Å²) >= 11 is 6.58. The molecule has 2 aromatic carbocycles. The van der Waals surface area contributed by atoms with E-state index in [9.17, 15) is 35.2 Å². The van der Waals surface area contributed by atoms with E-state index in [0.29, 0.717) is 22.1 Å². The van der Waals surface area contributed by atoms with Gasteiger partial charge in [-0.1, -0.05) is 17.7 Å². The first kappa shape index (κ1) is 36.7. The summed E-state index contributed by atoms with van der Waals surface area (Å²) in [6.45, 7) is 1.60. The zero-order valence-corrected chi connectivity index (χ0v) is 30.2. The number of nitrogens with one attached hydrogen (secondary N) is 2. The van der Waals surface area contributed by atoms with Crippen molar-refractivity contribution >= 4 is 55.4 Å². The van der Waals surface area contributed by atoms with Crippen LogP contribution < -0.4 is 10.5 Å². The molecule has 4 atom stereocenters. The molecule has 4 heterocycles. The van der Waals surface area contributed by atoms with Crippen LogP contribution in [0, 0.1) is 24.5 Å². The number of anilines is 1. The molecule has 55 heavy (non-hydrogen) atoms. The first-order valence-electron chi connectivity index (χ1n) is 16.5. The van der Waals surface area contributed by atoms with Crippen LogP contribution in [0.25, 0.3) is 33.2 Å². The van der Waals surface area contributed by atoms with Gasteiger partial charge in [-0.15, -0.1) is 0 Å². The average Bonchev–Trinajstić information content (AvgIpc) is 3.34.